The van der Waals surface area contributed by atoms with E-state index in [9.17, 15) is 14.9 Å². The summed E-state index contributed by atoms with van der Waals surface area (Å²) in [6.07, 6.45) is 2.86. The number of esters is 1. The molecule has 28 heavy (non-hydrogen) atoms. The predicted molar refractivity (Wildman–Crippen MR) is 107 cm³/mol. The number of nitro groups is 1. The highest BCUT2D eigenvalue weighted by molar-refractivity contribution is 6.92. The fourth-order valence-electron chi connectivity index (χ4n) is 2.62. The van der Waals surface area contributed by atoms with Gasteiger partial charge in [0.1, 0.15) is 6.61 Å². The Balaban J connectivity index is 2.33. The minimum Gasteiger partial charge on any atom is -0.463 e. The molecule has 0 unspecified atom stereocenters. The van der Waals surface area contributed by atoms with Gasteiger partial charge in [-0.3, -0.25) is 10.1 Å². The molecule has 0 spiro atoms. The van der Waals surface area contributed by atoms with E-state index in [0.29, 0.717) is 6.61 Å². The van der Waals surface area contributed by atoms with Gasteiger partial charge in [0.2, 0.25) is 6.54 Å². The Morgan fingerprint density at radius 2 is 1.61 bits per heavy atom. The highest BCUT2D eigenvalue weighted by atomic mass is 28.4. The standard InChI is InChI=1S/C20H23NO6Si/c1-2-25-20(22)14-9-16-26-28(27-17-15-21(23)24,18-10-5-3-6-11-18)19-12-7-4-8-13-19/h3-14H,2,15-17H2,1H3/b14-9+. The molecule has 0 N–H and O–H groups in total. The van der Waals surface area contributed by atoms with Crippen molar-refractivity contribution in [2.24, 2.45) is 0 Å². The van der Waals surface area contributed by atoms with E-state index in [0.717, 1.165) is 10.4 Å². The van der Waals surface area contributed by atoms with Crippen molar-refractivity contribution in [3.63, 3.8) is 0 Å². The van der Waals surface area contributed by atoms with Crippen molar-refractivity contribution in [3.05, 3.63) is 82.9 Å². The number of ether oxygens (including phenoxy) is 1. The smallest absolute Gasteiger partial charge is 0.407 e. The summed E-state index contributed by atoms with van der Waals surface area (Å²) < 4.78 is 17.2. The first-order valence-corrected chi connectivity index (χ1v) is 10.7. The van der Waals surface area contributed by atoms with Gasteiger partial charge in [-0.1, -0.05) is 66.7 Å². The third-order valence-electron chi connectivity index (χ3n) is 3.81. The molecule has 8 heteroatoms. The van der Waals surface area contributed by atoms with E-state index in [-0.39, 0.29) is 19.8 Å². The van der Waals surface area contributed by atoms with Crippen LogP contribution in [0.5, 0.6) is 0 Å². The third-order valence-corrected chi connectivity index (χ3v) is 7.18. The zero-order valence-corrected chi connectivity index (χ0v) is 16.7. The number of hydrogen-bond acceptors (Lipinski definition) is 6. The molecule has 0 aliphatic rings. The van der Waals surface area contributed by atoms with Crippen molar-refractivity contribution >= 4 is 24.9 Å². The van der Waals surface area contributed by atoms with Gasteiger partial charge in [-0.15, -0.1) is 0 Å². The van der Waals surface area contributed by atoms with Gasteiger partial charge in [-0.05, 0) is 17.3 Å². The molecule has 0 saturated carbocycles. The van der Waals surface area contributed by atoms with Crippen molar-refractivity contribution in [2.75, 3.05) is 26.4 Å². The van der Waals surface area contributed by atoms with E-state index >= 15 is 0 Å². The van der Waals surface area contributed by atoms with Crippen molar-refractivity contribution < 1.29 is 23.3 Å². The lowest BCUT2D eigenvalue weighted by Gasteiger charge is -2.30. The van der Waals surface area contributed by atoms with Crippen molar-refractivity contribution in [1.82, 2.24) is 0 Å². The molecule has 0 aromatic heterocycles. The summed E-state index contributed by atoms with van der Waals surface area (Å²) in [6.45, 7) is 1.73. The van der Waals surface area contributed by atoms with Crippen LogP contribution in [-0.2, 0) is 18.4 Å². The molecule has 0 bridgehead atoms. The fourth-order valence-corrected chi connectivity index (χ4v) is 5.68. The number of carbonyl (C=O) groups is 1. The Hall–Kier alpha value is -2.81. The van der Waals surface area contributed by atoms with Crippen LogP contribution in [0.15, 0.2) is 72.8 Å². The second-order valence-electron chi connectivity index (χ2n) is 5.72. The van der Waals surface area contributed by atoms with Crippen LogP contribution in [-0.4, -0.2) is 45.8 Å². The fraction of sp³-hybridized carbons (Fsp3) is 0.250. The summed E-state index contributed by atoms with van der Waals surface area (Å²) >= 11 is 0. The molecular formula is C20H23NO6Si. The SMILES string of the molecule is CCOC(=O)/C=C/CO[Si](OCC[N+](=O)[O-])(c1ccccc1)c1ccccc1. The van der Waals surface area contributed by atoms with Crippen molar-refractivity contribution in [3.8, 4) is 0 Å². The molecule has 2 rings (SSSR count). The summed E-state index contributed by atoms with van der Waals surface area (Å²) in [7, 11) is -3.21. The largest absolute Gasteiger partial charge is 0.463 e. The summed E-state index contributed by atoms with van der Waals surface area (Å²) in [5, 5.41) is 12.4. The number of benzene rings is 2. The van der Waals surface area contributed by atoms with E-state index in [1.807, 2.05) is 60.7 Å². The molecule has 2 aromatic rings. The minimum absolute atomic E-state index is 0.0788. The number of carbonyl (C=O) groups excluding carboxylic acids is 1. The van der Waals surface area contributed by atoms with Gasteiger partial charge < -0.3 is 13.6 Å². The monoisotopic (exact) mass is 401 g/mol. The Kier molecular flexibility index (Phi) is 8.54. The lowest BCUT2D eigenvalue weighted by Crippen LogP contribution is -2.63. The van der Waals surface area contributed by atoms with Crippen LogP contribution in [0.25, 0.3) is 0 Å². The Labute approximate surface area is 165 Å². The highest BCUT2D eigenvalue weighted by Gasteiger charge is 2.42. The Morgan fingerprint density at radius 3 is 2.11 bits per heavy atom. The molecule has 0 heterocycles. The zero-order valence-electron chi connectivity index (χ0n) is 15.7. The zero-order chi connectivity index (χ0) is 20.2. The molecule has 148 valence electrons. The first-order valence-electron chi connectivity index (χ1n) is 8.92. The van der Waals surface area contributed by atoms with E-state index in [4.69, 9.17) is 13.6 Å². The normalized spacial score (nSPS) is 11.5. The van der Waals surface area contributed by atoms with Gasteiger partial charge in [0.25, 0.3) is 0 Å². The average molecular weight is 401 g/mol. The van der Waals surface area contributed by atoms with Crippen LogP contribution >= 0.6 is 0 Å². The number of rotatable bonds is 11. The second kappa shape index (κ2) is 11.1. The maximum absolute atomic E-state index is 11.5. The van der Waals surface area contributed by atoms with Gasteiger partial charge in [0.05, 0.1) is 13.2 Å². The number of hydrogen-bond donors (Lipinski definition) is 0. The van der Waals surface area contributed by atoms with E-state index in [1.165, 1.54) is 6.08 Å². The van der Waals surface area contributed by atoms with Crippen LogP contribution in [0, 0.1) is 10.1 Å². The van der Waals surface area contributed by atoms with Gasteiger partial charge in [0, 0.05) is 11.0 Å². The third kappa shape index (κ3) is 6.12. The average Bonchev–Trinajstić information content (AvgIpc) is 2.71. The van der Waals surface area contributed by atoms with Crippen molar-refractivity contribution in [1.29, 1.82) is 0 Å². The van der Waals surface area contributed by atoms with Crippen LogP contribution < -0.4 is 10.4 Å². The first kappa shape index (κ1) is 21.5. The molecule has 7 nitrogen and oxygen atoms in total. The summed E-state index contributed by atoms with van der Waals surface area (Å²) in [5.41, 5.74) is 0. The first-order chi connectivity index (χ1) is 13.6. The topological polar surface area (TPSA) is 87.9 Å². The Bertz CT molecular complexity index is 742. The molecule has 0 amide bonds. The summed E-state index contributed by atoms with van der Waals surface area (Å²) in [6, 6.07) is 18.8. The quantitative estimate of drug-likeness (QED) is 0.187. The van der Waals surface area contributed by atoms with E-state index < -0.39 is 19.5 Å². The van der Waals surface area contributed by atoms with Gasteiger partial charge in [0.15, 0.2) is 0 Å². The molecule has 2 aromatic carbocycles. The maximum atomic E-state index is 11.5. The molecule has 0 fully saturated rings. The molecule has 0 atom stereocenters. The molecular weight excluding hydrogens is 378 g/mol. The molecule has 0 radical (unpaired) electrons. The van der Waals surface area contributed by atoms with Crippen LogP contribution in [0.2, 0.25) is 0 Å². The lowest BCUT2D eigenvalue weighted by molar-refractivity contribution is -0.482. The van der Waals surface area contributed by atoms with Crippen LogP contribution in [0.1, 0.15) is 6.92 Å². The summed E-state index contributed by atoms with van der Waals surface area (Å²) in [5.74, 6) is -0.452. The lowest BCUT2D eigenvalue weighted by atomic mass is 10.4. The predicted octanol–water partition coefficient (Wildman–Crippen LogP) is 1.67. The van der Waals surface area contributed by atoms with Crippen molar-refractivity contribution in [2.45, 2.75) is 6.92 Å². The van der Waals surface area contributed by atoms with E-state index in [2.05, 4.69) is 0 Å². The van der Waals surface area contributed by atoms with Crippen LogP contribution in [0.4, 0.5) is 0 Å². The van der Waals surface area contributed by atoms with Gasteiger partial charge in [-0.2, -0.15) is 0 Å². The number of nitrogens with zero attached hydrogens (tertiary/aromatic N) is 1. The summed E-state index contributed by atoms with van der Waals surface area (Å²) in [4.78, 5) is 21.9. The van der Waals surface area contributed by atoms with E-state index in [1.54, 1.807) is 13.0 Å². The molecule has 0 aliphatic carbocycles. The van der Waals surface area contributed by atoms with Gasteiger partial charge in [-0.25, -0.2) is 4.79 Å². The molecule has 0 saturated heterocycles. The maximum Gasteiger partial charge on any atom is 0.407 e. The molecule has 0 aliphatic heterocycles. The second-order valence-corrected chi connectivity index (χ2v) is 8.68. The Morgan fingerprint density at radius 1 is 1.04 bits per heavy atom. The minimum atomic E-state index is -3.21. The highest BCUT2D eigenvalue weighted by Crippen LogP contribution is 2.10. The van der Waals surface area contributed by atoms with Gasteiger partial charge >= 0.3 is 14.5 Å². The van der Waals surface area contributed by atoms with Crippen LogP contribution in [0.3, 0.4) is 0 Å².